The second-order valence-electron chi connectivity index (χ2n) is 5.51. The lowest BCUT2D eigenvalue weighted by Crippen LogP contribution is -2.14. The Morgan fingerprint density at radius 3 is 2.54 bits per heavy atom. The number of hydrogen-bond acceptors (Lipinski definition) is 4. The Bertz CT molecular complexity index is 1080. The van der Waals surface area contributed by atoms with Crippen LogP contribution in [0.4, 0.5) is 0 Å². The first-order valence-electron chi connectivity index (χ1n) is 7.26. The SMILES string of the molecule is Cn1c(=NC(=O)Cc2ccccc2)sc2cc(S(C)(=O)=O)ccc21. The molecule has 3 rings (SSSR count). The number of rotatable bonds is 3. The predicted molar refractivity (Wildman–Crippen MR) is 94.6 cm³/mol. The van der Waals surface area contributed by atoms with Crippen molar-refractivity contribution in [2.24, 2.45) is 12.0 Å². The van der Waals surface area contributed by atoms with Gasteiger partial charge in [0.2, 0.25) is 0 Å². The number of amides is 1. The largest absolute Gasteiger partial charge is 0.319 e. The third-order valence-electron chi connectivity index (χ3n) is 3.63. The van der Waals surface area contributed by atoms with E-state index < -0.39 is 9.84 Å². The Morgan fingerprint density at radius 1 is 1.17 bits per heavy atom. The molecule has 0 spiro atoms. The van der Waals surface area contributed by atoms with E-state index in [1.165, 1.54) is 17.6 Å². The molecule has 7 heteroatoms. The van der Waals surface area contributed by atoms with Crippen LogP contribution in [0.2, 0.25) is 0 Å². The molecule has 0 fully saturated rings. The predicted octanol–water partition coefficient (Wildman–Crippen LogP) is 2.31. The average molecular weight is 360 g/mol. The molecule has 2 aromatic carbocycles. The molecular formula is C17H16N2O3S2. The molecule has 3 aromatic rings. The van der Waals surface area contributed by atoms with Gasteiger partial charge in [0, 0.05) is 13.3 Å². The summed E-state index contributed by atoms with van der Waals surface area (Å²) in [6.07, 6.45) is 1.42. The topological polar surface area (TPSA) is 68.5 Å². The lowest BCUT2D eigenvalue weighted by Gasteiger charge is -1.99. The van der Waals surface area contributed by atoms with Gasteiger partial charge < -0.3 is 4.57 Å². The fourth-order valence-corrected chi connectivity index (χ4v) is 4.16. The van der Waals surface area contributed by atoms with E-state index in [0.717, 1.165) is 15.8 Å². The maximum atomic E-state index is 12.2. The van der Waals surface area contributed by atoms with Crippen LogP contribution in [-0.4, -0.2) is 25.1 Å². The van der Waals surface area contributed by atoms with E-state index in [2.05, 4.69) is 4.99 Å². The number of carbonyl (C=O) groups is 1. The van der Waals surface area contributed by atoms with Gasteiger partial charge >= 0.3 is 0 Å². The molecule has 24 heavy (non-hydrogen) atoms. The number of aromatic nitrogens is 1. The Balaban J connectivity index is 2.00. The van der Waals surface area contributed by atoms with E-state index in [-0.39, 0.29) is 17.2 Å². The van der Waals surface area contributed by atoms with Gasteiger partial charge in [-0.1, -0.05) is 41.7 Å². The highest BCUT2D eigenvalue weighted by atomic mass is 32.2. The minimum Gasteiger partial charge on any atom is -0.319 e. The minimum atomic E-state index is -3.26. The molecule has 0 aliphatic heterocycles. The number of nitrogens with zero attached hydrogens (tertiary/aromatic N) is 2. The number of fused-ring (bicyclic) bond motifs is 1. The van der Waals surface area contributed by atoms with Crippen LogP contribution in [-0.2, 0) is 28.1 Å². The molecule has 0 bridgehead atoms. The third kappa shape index (κ3) is 3.47. The number of aryl methyl sites for hydroxylation is 1. The van der Waals surface area contributed by atoms with Crippen LogP contribution in [0.3, 0.4) is 0 Å². The zero-order valence-electron chi connectivity index (χ0n) is 13.3. The van der Waals surface area contributed by atoms with Crippen molar-refractivity contribution in [1.29, 1.82) is 0 Å². The van der Waals surface area contributed by atoms with Crippen molar-refractivity contribution < 1.29 is 13.2 Å². The van der Waals surface area contributed by atoms with Gasteiger partial charge in [0.05, 0.1) is 21.5 Å². The summed E-state index contributed by atoms with van der Waals surface area (Å²) in [5.41, 5.74) is 1.76. The fourth-order valence-electron chi connectivity index (χ4n) is 2.37. The lowest BCUT2D eigenvalue weighted by atomic mass is 10.1. The molecule has 0 unspecified atom stereocenters. The zero-order valence-corrected chi connectivity index (χ0v) is 14.9. The molecule has 0 radical (unpaired) electrons. The smallest absolute Gasteiger partial charge is 0.252 e. The normalized spacial score (nSPS) is 12.7. The first kappa shape index (κ1) is 16.6. The number of benzene rings is 2. The van der Waals surface area contributed by atoms with Gasteiger partial charge in [0.15, 0.2) is 14.6 Å². The highest BCUT2D eigenvalue weighted by Crippen LogP contribution is 2.21. The highest BCUT2D eigenvalue weighted by molar-refractivity contribution is 7.90. The molecule has 1 heterocycles. The maximum Gasteiger partial charge on any atom is 0.252 e. The lowest BCUT2D eigenvalue weighted by molar-refractivity contribution is -0.117. The third-order valence-corrected chi connectivity index (χ3v) is 5.83. The van der Waals surface area contributed by atoms with Crippen molar-refractivity contribution in [2.75, 3.05) is 6.26 Å². The van der Waals surface area contributed by atoms with Gasteiger partial charge in [0.1, 0.15) is 0 Å². The molecule has 5 nitrogen and oxygen atoms in total. The van der Waals surface area contributed by atoms with Crippen LogP contribution in [0.1, 0.15) is 5.56 Å². The van der Waals surface area contributed by atoms with Gasteiger partial charge in [-0.05, 0) is 23.8 Å². The molecule has 0 aliphatic rings. The Morgan fingerprint density at radius 2 is 1.88 bits per heavy atom. The van der Waals surface area contributed by atoms with E-state index in [0.29, 0.717) is 4.80 Å². The second kappa shape index (κ2) is 6.33. The van der Waals surface area contributed by atoms with E-state index in [1.807, 2.05) is 37.4 Å². The number of hydrogen-bond donors (Lipinski definition) is 0. The van der Waals surface area contributed by atoms with Gasteiger partial charge in [-0.2, -0.15) is 4.99 Å². The van der Waals surface area contributed by atoms with Crippen molar-refractivity contribution in [1.82, 2.24) is 4.57 Å². The van der Waals surface area contributed by atoms with Crippen LogP contribution in [0.5, 0.6) is 0 Å². The summed E-state index contributed by atoms with van der Waals surface area (Å²) < 4.78 is 25.9. The summed E-state index contributed by atoms with van der Waals surface area (Å²) in [4.78, 5) is 17.2. The van der Waals surface area contributed by atoms with Crippen molar-refractivity contribution in [3.05, 3.63) is 58.9 Å². The summed E-state index contributed by atoms with van der Waals surface area (Å²) >= 11 is 1.30. The zero-order chi connectivity index (χ0) is 17.3. The number of thiazole rings is 1. The summed E-state index contributed by atoms with van der Waals surface area (Å²) in [7, 11) is -1.45. The first-order chi connectivity index (χ1) is 11.3. The Kier molecular flexibility index (Phi) is 4.38. The highest BCUT2D eigenvalue weighted by Gasteiger charge is 2.11. The van der Waals surface area contributed by atoms with Crippen molar-refractivity contribution in [3.8, 4) is 0 Å². The molecule has 0 saturated heterocycles. The Labute approximate surface area is 143 Å². The Hall–Kier alpha value is -2.25. The van der Waals surface area contributed by atoms with Crippen molar-refractivity contribution >= 4 is 37.3 Å². The van der Waals surface area contributed by atoms with Crippen LogP contribution < -0.4 is 4.80 Å². The molecule has 124 valence electrons. The molecule has 0 aliphatic carbocycles. The fraction of sp³-hybridized carbons (Fsp3) is 0.176. The molecular weight excluding hydrogens is 344 g/mol. The van der Waals surface area contributed by atoms with Gasteiger partial charge in [-0.15, -0.1) is 0 Å². The molecule has 0 atom stereocenters. The van der Waals surface area contributed by atoms with Crippen molar-refractivity contribution in [2.45, 2.75) is 11.3 Å². The van der Waals surface area contributed by atoms with E-state index in [1.54, 1.807) is 22.8 Å². The standard InChI is InChI=1S/C17H16N2O3S2/c1-19-14-9-8-13(24(2,21)22)11-15(14)23-17(19)18-16(20)10-12-6-4-3-5-7-12/h3-9,11H,10H2,1-2H3. The van der Waals surface area contributed by atoms with Gasteiger partial charge in [0.25, 0.3) is 5.91 Å². The van der Waals surface area contributed by atoms with Crippen LogP contribution in [0.15, 0.2) is 58.4 Å². The molecule has 0 saturated carbocycles. The average Bonchev–Trinajstić information content (AvgIpc) is 2.83. The number of carbonyl (C=O) groups excluding carboxylic acids is 1. The molecule has 1 amide bonds. The van der Waals surface area contributed by atoms with Crippen LogP contribution >= 0.6 is 11.3 Å². The van der Waals surface area contributed by atoms with Crippen LogP contribution in [0, 0.1) is 0 Å². The summed E-state index contributed by atoms with van der Waals surface area (Å²) in [5.74, 6) is -0.230. The first-order valence-corrected chi connectivity index (χ1v) is 9.96. The van der Waals surface area contributed by atoms with Gasteiger partial charge in [-0.3, -0.25) is 4.79 Å². The molecule has 0 N–H and O–H groups in total. The monoisotopic (exact) mass is 360 g/mol. The second-order valence-corrected chi connectivity index (χ2v) is 8.54. The molecule has 1 aromatic heterocycles. The van der Waals surface area contributed by atoms with E-state index in [9.17, 15) is 13.2 Å². The van der Waals surface area contributed by atoms with E-state index >= 15 is 0 Å². The van der Waals surface area contributed by atoms with Crippen molar-refractivity contribution in [3.63, 3.8) is 0 Å². The minimum absolute atomic E-state index is 0.230. The summed E-state index contributed by atoms with van der Waals surface area (Å²) in [6.45, 7) is 0. The summed E-state index contributed by atoms with van der Waals surface area (Å²) in [6, 6.07) is 14.4. The number of sulfone groups is 1. The quantitative estimate of drug-likeness (QED) is 0.720. The van der Waals surface area contributed by atoms with E-state index in [4.69, 9.17) is 0 Å². The maximum absolute atomic E-state index is 12.2. The summed E-state index contributed by atoms with van der Waals surface area (Å²) in [5, 5.41) is 0. The van der Waals surface area contributed by atoms with Crippen LogP contribution in [0.25, 0.3) is 10.2 Å². The van der Waals surface area contributed by atoms with Gasteiger partial charge in [-0.25, -0.2) is 8.42 Å².